The molecule has 1 saturated heterocycles. The fraction of sp³-hybridized carbons (Fsp3) is 0.381. The Balaban J connectivity index is 1.67. The molecule has 5 heteroatoms. The number of amides is 1. The standard InChI is InChI=1S/C21H24N2O3/c1-25-16-8-17-20(19(9-16)26-2)18-13-23(11-14-6-4-3-5-7-14)12-15(18)10-22-21(17)24/h3-9,15,18H,10-13H2,1-2H3,(H,22,24)/t15-,18-/m1/s1. The summed E-state index contributed by atoms with van der Waals surface area (Å²) in [5, 5.41) is 3.08. The van der Waals surface area contributed by atoms with Gasteiger partial charge in [0.15, 0.2) is 0 Å². The highest BCUT2D eigenvalue weighted by Crippen LogP contribution is 2.43. The van der Waals surface area contributed by atoms with Crippen LogP contribution in [0.2, 0.25) is 0 Å². The van der Waals surface area contributed by atoms with Crippen LogP contribution in [0.1, 0.15) is 27.4 Å². The molecule has 2 heterocycles. The number of methoxy groups -OCH3 is 2. The Bertz CT molecular complexity index is 806. The third-order valence-corrected chi connectivity index (χ3v) is 5.48. The predicted octanol–water partition coefficient (Wildman–Crippen LogP) is 2.66. The lowest BCUT2D eigenvalue weighted by molar-refractivity contribution is 0.0950. The van der Waals surface area contributed by atoms with Crippen molar-refractivity contribution in [2.45, 2.75) is 12.5 Å². The molecule has 4 rings (SSSR count). The molecule has 1 fully saturated rings. The van der Waals surface area contributed by atoms with Crippen LogP contribution in [0, 0.1) is 5.92 Å². The second-order valence-corrected chi connectivity index (χ2v) is 7.05. The van der Waals surface area contributed by atoms with Gasteiger partial charge in [-0.25, -0.2) is 0 Å². The number of likely N-dealkylation sites (tertiary alicyclic amines) is 1. The van der Waals surface area contributed by atoms with Crippen molar-refractivity contribution in [1.82, 2.24) is 10.2 Å². The van der Waals surface area contributed by atoms with Crippen molar-refractivity contribution >= 4 is 5.91 Å². The highest BCUT2D eigenvalue weighted by atomic mass is 16.5. The van der Waals surface area contributed by atoms with Gasteiger partial charge in [-0.3, -0.25) is 9.69 Å². The van der Waals surface area contributed by atoms with Crippen LogP contribution in [0.4, 0.5) is 0 Å². The van der Waals surface area contributed by atoms with Crippen LogP contribution < -0.4 is 14.8 Å². The number of hydrogen-bond donors (Lipinski definition) is 1. The first-order chi connectivity index (χ1) is 12.7. The maximum Gasteiger partial charge on any atom is 0.251 e. The SMILES string of the molecule is COc1cc(OC)c2c(c1)C(=O)NC[C@@H]1CN(Cc3ccccc3)C[C@@H]21. The Kier molecular flexibility index (Phi) is 4.55. The molecular formula is C21H24N2O3. The van der Waals surface area contributed by atoms with E-state index in [1.807, 2.05) is 18.2 Å². The molecule has 0 saturated carbocycles. The Hall–Kier alpha value is -2.53. The number of nitrogens with zero attached hydrogens (tertiary/aromatic N) is 1. The minimum absolute atomic E-state index is 0.0405. The molecule has 1 N–H and O–H groups in total. The first kappa shape index (κ1) is 16.9. The molecule has 0 bridgehead atoms. The van der Waals surface area contributed by atoms with E-state index in [2.05, 4.69) is 34.5 Å². The predicted molar refractivity (Wildman–Crippen MR) is 99.8 cm³/mol. The average molecular weight is 352 g/mol. The lowest BCUT2D eigenvalue weighted by atomic mass is 9.86. The topological polar surface area (TPSA) is 50.8 Å². The maximum atomic E-state index is 12.6. The molecule has 136 valence electrons. The molecule has 26 heavy (non-hydrogen) atoms. The summed E-state index contributed by atoms with van der Waals surface area (Å²) in [7, 11) is 3.26. The van der Waals surface area contributed by atoms with E-state index in [1.54, 1.807) is 14.2 Å². The number of ether oxygens (including phenoxy) is 2. The van der Waals surface area contributed by atoms with Gasteiger partial charge in [0, 0.05) is 43.7 Å². The number of carbonyl (C=O) groups is 1. The van der Waals surface area contributed by atoms with E-state index in [9.17, 15) is 4.79 Å². The van der Waals surface area contributed by atoms with Gasteiger partial charge in [-0.1, -0.05) is 30.3 Å². The lowest BCUT2D eigenvalue weighted by Crippen LogP contribution is -2.29. The normalized spacial score (nSPS) is 22.2. The summed E-state index contributed by atoms with van der Waals surface area (Å²) in [4.78, 5) is 15.1. The molecule has 0 radical (unpaired) electrons. The van der Waals surface area contributed by atoms with Crippen molar-refractivity contribution in [1.29, 1.82) is 0 Å². The summed E-state index contributed by atoms with van der Waals surface area (Å²) in [5.41, 5.74) is 3.01. The van der Waals surface area contributed by atoms with E-state index in [1.165, 1.54) is 5.56 Å². The minimum atomic E-state index is -0.0405. The molecule has 2 aliphatic rings. The highest BCUT2D eigenvalue weighted by molar-refractivity contribution is 5.97. The van der Waals surface area contributed by atoms with Gasteiger partial charge in [-0.2, -0.15) is 0 Å². The monoisotopic (exact) mass is 352 g/mol. The number of fused-ring (bicyclic) bond motifs is 3. The van der Waals surface area contributed by atoms with E-state index in [0.29, 0.717) is 23.8 Å². The first-order valence-electron chi connectivity index (χ1n) is 9.00. The Morgan fingerprint density at radius 2 is 1.92 bits per heavy atom. The number of hydrogen-bond acceptors (Lipinski definition) is 4. The van der Waals surface area contributed by atoms with Gasteiger partial charge in [0.2, 0.25) is 0 Å². The molecule has 0 aromatic heterocycles. The molecule has 2 aromatic carbocycles. The fourth-order valence-corrected chi connectivity index (χ4v) is 4.24. The highest BCUT2D eigenvalue weighted by Gasteiger charge is 2.40. The van der Waals surface area contributed by atoms with Gasteiger partial charge in [0.25, 0.3) is 5.91 Å². The zero-order valence-corrected chi connectivity index (χ0v) is 15.2. The van der Waals surface area contributed by atoms with Crippen molar-refractivity contribution in [3.63, 3.8) is 0 Å². The summed E-state index contributed by atoms with van der Waals surface area (Å²) in [6, 6.07) is 14.2. The number of benzene rings is 2. The summed E-state index contributed by atoms with van der Waals surface area (Å²) in [6.45, 7) is 3.50. The summed E-state index contributed by atoms with van der Waals surface area (Å²) in [6.07, 6.45) is 0. The third kappa shape index (κ3) is 3.03. The Morgan fingerprint density at radius 3 is 2.65 bits per heavy atom. The number of carbonyl (C=O) groups excluding carboxylic acids is 1. The zero-order valence-electron chi connectivity index (χ0n) is 15.2. The van der Waals surface area contributed by atoms with E-state index in [0.717, 1.165) is 30.9 Å². The molecule has 0 unspecified atom stereocenters. The second kappa shape index (κ2) is 7.00. The van der Waals surface area contributed by atoms with Gasteiger partial charge < -0.3 is 14.8 Å². The molecule has 2 atom stereocenters. The Morgan fingerprint density at radius 1 is 1.12 bits per heavy atom. The molecule has 0 aliphatic carbocycles. The van der Waals surface area contributed by atoms with Crippen molar-refractivity contribution in [3.05, 3.63) is 59.2 Å². The van der Waals surface area contributed by atoms with Gasteiger partial charge in [-0.05, 0) is 17.5 Å². The molecule has 1 amide bonds. The molecule has 5 nitrogen and oxygen atoms in total. The number of nitrogens with one attached hydrogen (secondary N) is 1. The van der Waals surface area contributed by atoms with Crippen LogP contribution in [0.5, 0.6) is 11.5 Å². The Labute approximate surface area is 153 Å². The van der Waals surface area contributed by atoms with Crippen molar-refractivity contribution in [2.24, 2.45) is 5.92 Å². The van der Waals surface area contributed by atoms with Crippen molar-refractivity contribution in [2.75, 3.05) is 33.9 Å². The van der Waals surface area contributed by atoms with Gasteiger partial charge >= 0.3 is 0 Å². The summed E-state index contributed by atoms with van der Waals surface area (Å²) in [5.74, 6) is 2.00. The van der Waals surface area contributed by atoms with Crippen LogP contribution in [0.3, 0.4) is 0 Å². The zero-order chi connectivity index (χ0) is 18.1. The number of rotatable bonds is 4. The minimum Gasteiger partial charge on any atom is -0.497 e. The van der Waals surface area contributed by atoms with Gasteiger partial charge in [0.1, 0.15) is 11.5 Å². The molecular weight excluding hydrogens is 328 g/mol. The largest absolute Gasteiger partial charge is 0.497 e. The van der Waals surface area contributed by atoms with Gasteiger partial charge in [0.05, 0.1) is 19.8 Å². The maximum absolute atomic E-state index is 12.6. The van der Waals surface area contributed by atoms with Crippen molar-refractivity contribution < 1.29 is 14.3 Å². The third-order valence-electron chi connectivity index (χ3n) is 5.48. The van der Waals surface area contributed by atoms with Crippen LogP contribution in [0.25, 0.3) is 0 Å². The van der Waals surface area contributed by atoms with Crippen LogP contribution in [0.15, 0.2) is 42.5 Å². The summed E-state index contributed by atoms with van der Waals surface area (Å²) < 4.78 is 11.0. The fourth-order valence-electron chi connectivity index (χ4n) is 4.24. The van der Waals surface area contributed by atoms with Gasteiger partial charge in [-0.15, -0.1) is 0 Å². The summed E-state index contributed by atoms with van der Waals surface area (Å²) >= 11 is 0. The quantitative estimate of drug-likeness (QED) is 0.919. The molecule has 2 aliphatic heterocycles. The average Bonchev–Trinajstić information content (AvgIpc) is 3.02. The van der Waals surface area contributed by atoms with Crippen molar-refractivity contribution in [3.8, 4) is 11.5 Å². The lowest BCUT2D eigenvalue weighted by Gasteiger charge is -2.20. The van der Waals surface area contributed by atoms with Crippen LogP contribution in [-0.4, -0.2) is 44.7 Å². The van der Waals surface area contributed by atoms with E-state index < -0.39 is 0 Å². The molecule has 0 spiro atoms. The van der Waals surface area contributed by atoms with Crippen LogP contribution in [-0.2, 0) is 6.54 Å². The van der Waals surface area contributed by atoms with E-state index in [4.69, 9.17) is 9.47 Å². The van der Waals surface area contributed by atoms with Crippen LogP contribution >= 0.6 is 0 Å². The molecule has 2 aromatic rings. The second-order valence-electron chi connectivity index (χ2n) is 7.05. The smallest absolute Gasteiger partial charge is 0.251 e. The van der Waals surface area contributed by atoms with E-state index in [-0.39, 0.29) is 11.8 Å². The first-order valence-corrected chi connectivity index (χ1v) is 9.00. The van der Waals surface area contributed by atoms with E-state index >= 15 is 0 Å².